The maximum absolute atomic E-state index is 15.7. The summed E-state index contributed by atoms with van der Waals surface area (Å²) in [7, 11) is 0. The molecule has 6 aliphatic rings. The summed E-state index contributed by atoms with van der Waals surface area (Å²) >= 11 is 6.73. The van der Waals surface area contributed by atoms with E-state index in [2.05, 4.69) is 6.07 Å². The first kappa shape index (κ1) is 81.2. The third kappa shape index (κ3) is 17.1. The molecule has 10 N–H and O–H groups in total. The zero-order valence-electron chi connectivity index (χ0n) is 64.3. The van der Waals surface area contributed by atoms with Crippen molar-refractivity contribution in [3.63, 3.8) is 0 Å². The molecule has 18 atom stereocenters. The smallest absolute Gasteiger partial charge is 0.165 e. The van der Waals surface area contributed by atoms with Crippen LogP contribution in [0.15, 0.2) is 188 Å². The third-order valence-electron chi connectivity index (χ3n) is 22.9. The highest BCUT2D eigenvalue weighted by molar-refractivity contribution is 6.31. The van der Waals surface area contributed by atoms with Crippen molar-refractivity contribution in [2.24, 2.45) is 0 Å². The van der Waals surface area contributed by atoms with Gasteiger partial charge in [0.2, 0.25) is 0 Å². The van der Waals surface area contributed by atoms with E-state index in [9.17, 15) is 56.3 Å². The average Bonchev–Trinajstić information content (AvgIpc) is 1.61. The van der Waals surface area contributed by atoms with Crippen LogP contribution in [0.4, 0.5) is 4.39 Å². The van der Waals surface area contributed by atoms with E-state index in [-0.39, 0.29) is 51.3 Å². The fourth-order valence-corrected chi connectivity index (χ4v) is 16.9. The lowest BCUT2D eigenvalue weighted by Crippen LogP contribution is -2.55. The van der Waals surface area contributed by atoms with E-state index in [0.29, 0.717) is 79.8 Å². The van der Waals surface area contributed by atoms with Gasteiger partial charge in [-0.25, -0.2) is 4.39 Å². The molecule has 6 aliphatic heterocycles. The van der Waals surface area contributed by atoms with E-state index in [1.54, 1.807) is 66.7 Å². The molecule has 3 unspecified atom stereocenters. The Hall–Kier alpha value is -8.95. The Morgan fingerprint density at radius 2 is 0.809 bits per heavy atom. The number of hydrogen-bond acceptors (Lipinski definition) is 22. The van der Waals surface area contributed by atoms with Crippen LogP contribution in [0.1, 0.15) is 167 Å². The highest BCUT2D eigenvalue weighted by Gasteiger charge is 2.49. The number of nitrogens with zero attached hydrogens (tertiary/aromatic N) is 1. The van der Waals surface area contributed by atoms with Gasteiger partial charge in [-0.2, -0.15) is 5.26 Å². The number of benzene rings is 9. The van der Waals surface area contributed by atoms with Gasteiger partial charge in [-0.05, 0) is 217 Å². The molecule has 9 aromatic rings. The first-order valence-corrected chi connectivity index (χ1v) is 39.1. The topological polar surface area (TPSA) is 328 Å². The summed E-state index contributed by atoms with van der Waals surface area (Å²) in [6, 6.07) is 58.6. The summed E-state index contributed by atoms with van der Waals surface area (Å²) in [6.07, 6.45) is -20.4. The van der Waals surface area contributed by atoms with Crippen LogP contribution in [0.25, 0.3) is 0 Å². The van der Waals surface area contributed by atoms with E-state index >= 15 is 4.39 Å². The van der Waals surface area contributed by atoms with Crippen molar-refractivity contribution >= 4 is 11.6 Å². The predicted octanol–water partition coefficient (Wildman–Crippen LogP) is 11.0. The monoisotopic (exact) mass is 1590 g/mol. The number of aliphatic hydroxyl groups excluding tert-OH is 10. The molecule has 115 heavy (non-hydrogen) atoms. The molecule has 604 valence electrons. The van der Waals surface area contributed by atoms with Crippen LogP contribution in [-0.2, 0) is 64.5 Å². The normalized spacial score (nSPS) is 28.2. The molecule has 0 radical (unpaired) electrons. The van der Waals surface area contributed by atoms with Gasteiger partial charge < -0.3 is 103 Å². The molecule has 9 aromatic carbocycles. The molecule has 3 saturated heterocycles. The summed E-state index contributed by atoms with van der Waals surface area (Å²) in [4.78, 5) is 0. The van der Waals surface area contributed by atoms with Crippen LogP contribution in [-0.4, -0.2) is 164 Å². The van der Waals surface area contributed by atoms with Gasteiger partial charge in [0.05, 0.1) is 35.0 Å². The second kappa shape index (κ2) is 33.6. The second-order valence-corrected chi connectivity index (χ2v) is 32.5. The number of ether oxygens (including phenoxy) is 11. The summed E-state index contributed by atoms with van der Waals surface area (Å²) in [5.41, 5.74) is 10.2. The van der Waals surface area contributed by atoms with E-state index in [1.807, 2.05) is 157 Å². The van der Waals surface area contributed by atoms with Crippen molar-refractivity contribution in [2.45, 2.75) is 187 Å². The predicted molar refractivity (Wildman–Crippen MR) is 418 cm³/mol. The minimum atomic E-state index is -1.61. The second-order valence-electron chi connectivity index (χ2n) is 32.1. The highest BCUT2D eigenvalue weighted by atomic mass is 35.5. The third-order valence-corrected chi connectivity index (χ3v) is 23.3. The van der Waals surface area contributed by atoms with Crippen molar-refractivity contribution in [3.8, 4) is 34.8 Å². The molecule has 3 fully saturated rings. The number of halogens is 2. The lowest BCUT2D eigenvalue weighted by atomic mass is 9.89. The summed E-state index contributed by atoms with van der Waals surface area (Å²) in [5.74, 6) is 1.56. The minimum Gasteiger partial charge on any atom is -0.491 e. The molecule has 0 saturated carbocycles. The van der Waals surface area contributed by atoms with Crippen molar-refractivity contribution in [1.82, 2.24) is 0 Å². The molecule has 0 aromatic heterocycles. The Kier molecular flexibility index (Phi) is 23.7. The molecule has 24 heteroatoms. The Morgan fingerprint density at radius 1 is 0.383 bits per heavy atom. The van der Waals surface area contributed by atoms with Crippen LogP contribution >= 0.6 is 11.6 Å². The van der Waals surface area contributed by atoms with Crippen LogP contribution in [0.2, 0.25) is 5.02 Å². The van der Waals surface area contributed by atoms with Crippen molar-refractivity contribution in [2.75, 3.05) is 39.6 Å². The van der Waals surface area contributed by atoms with Gasteiger partial charge in [0.25, 0.3) is 0 Å². The summed E-state index contributed by atoms with van der Waals surface area (Å²) < 4.78 is 84.8. The van der Waals surface area contributed by atoms with Crippen LogP contribution in [0.5, 0.6) is 28.7 Å². The number of fused-ring (bicyclic) bond motifs is 3. The summed E-state index contributed by atoms with van der Waals surface area (Å²) in [5, 5.41) is 120. The first-order chi connectivity index (χ1) is 55.1. The van der Waals surface area contributed by atoms with Gasteiger partial charge >= 0.3 is 0 Å². The summed E-state index contributed by atoms with van der Waals surface area (Å²) in [6.45, 7) is 11.3. The Bertz CT molecular complexity index is 5000. The van der Waals surface area contributed by atoms with Crippen LogP contribution in [0.3, 0.4) is 0 Å². The molecule has 22 nitrogen and oxygen atoms in total. The number of hydrogen-bond donors (Lipinski definition) is 10. The molecule has 0 spiro atoms. The molecule has 15 rings (SSSR count). The molecule has 0 amide bonds. The largest absolute Gasteiger partial charge is 0.491 e. The lowest BCUT2D eigenvalue weighted by molar-refractivity contribution is -0.231. The maximum Gasteiger partial charge on any atom is 0.165 e. The van der Waals surface area contributed by atoms with Crippen LogP contribution in [0, 0.1) is 17.1 Å². The molecular weight excluding hydrogens is 1500 g/mol. The van der Waals surface area contributed by atoms with Gasteiger partial charge in [-0.3, -0.25) is 0 Å². The fraction of sp³-hybridized carbons (Fsp3) is 0.396. The number of rotatable bonds is 25. The minimum absolute atomic E-state index is 0.0797. The van der Waals surface area contributed by atoms with Gasteiger partial charge in [0.15, 0.2) is 11.6 Å². The lowest BCUT2D eigenvalue weighted by Gasteiger charge is -2.40. The Labute approximate surface area is 670 Å². The van der Waals surface area contributed by atoms with Gasteiger partial charge in [-0.1, -0.05) is 127 Å². The number of aliphatic hydroxyl groups is 10. The van der Waals surface area contributed by atoms with Crippen molar-refractivity contribution in [1.29, 1.82) is 5.26 Å². The maximum atomic E-state index is 15.7. The Morgan fingerprint density at radius 3 is 1.34 bits per heavy atom. The molecule has 6 heterocycles. The van der Waals surface area contributed by atoms with E-state index in [1.165, 1.54) is 6.07 Å². The molecule has 0 bridgehead atoms. The SMILES string of the molecule is CC1(C)OC(COc2ccc(Cc3cc([C@@H]4O[C@H](COc5ccc6c(c5)C(COc5ccc(Cc7cccc([C@@H]8O[C@H](CO)[C@@H](O)[C@H](O)[C@H]8O)c7)cc5)OC6(C)C)[C@@H](O)[C@H](O)[C@H]4O)ccc3C#N)cc2)c2cc(OC[C@H]3O[C@@H](c4ccc(Cl)c(Cc5ccc(OCC6OC(C)(C)c7ccccc76)c(F)c5)c4)[C@H](O)[C@@H](O)[C@@H]3O)ccc21. The van der Waals surface area contributed by atoms with Gasteiger partial charge in [-0.15, -0.1) is 0 Å². The quantitative estimate of drug-likeness (QED) is 0.0254. The van der Waals surface area contributed by atoms with Crippen LogP contribution < -0.4 is 23.7 Å². The van der Waals surface area contributed by atoms with Crippen molar-refractivity contribution < 1.29 is 108 Å². The average molecular weight is 1590 g/mol. The Balaban J connectivity index is 0.539. The van der Waals surface area contributed by atoms with Gasteiger partial charge in [0, 0.05) is 5.02 Å². The zero-order valence-corrected chi connectivity index (χ0v) is 65.1. The van der Waals surface area contributed by atoms with E-state index < -0.39 is 133 Å². The standard InChI is InChI=1S/C91H95ClFNO21/c1-89(2)65-13-8-7-12-62(65)72(113-89)45-109-70-31-18-51(36-69(70)93)35-57-38-54(21-30-68(57)92)88-85(104)82(101)79(98)76(112-88)47-108-61-27-29-67-64(40-61)74(115-91(67,5)6)44-106-59-24-16-49(17-25-59)33-56-37-53(19-20-55(56)41-94)87-84(103)81(100)78(97)75(111-87)46-107-60-26-28-66-63(39-60)73(114-90(66,3)4)43-105-58-22-14-48(15-23-58)32-50-10-9-11-52(34-50)86-83(102)80(99)77(96)71(42-95)110-86/h7-31,34,36-40,71-88,95-104H,32-33,35,42-47H2,1-6H3/t71-,72?,73?,74?,75-,76-,77-,78-,79-,80+,81+,82+,83-,84-,85-,86+,87+,88+/m1/s1. The molecular formula is C91H95ClFNO21. The fourth-order valence-electron chi connectivity index (χ4n) is 16.7. The number of nitriles is 1. The van der Waals surface area contributed by atoms with E-state index in [0.717, 1.165) is 50.1 Å². The zero-order chi connectivity index (χ0) is 80.9. The van der Waals surface area contributed by atoms with Gasteiger partial charge in [0.1, 0.15) is 166 Å². The highest BCUT2D eigenvalue weighted by Crippen LogP contribution is 2.49. The van der Waals surface area contributed by atoms with Crippen molar-refractivity contribution in [3.05, 3.63) is 288 Å². The first-order valence-electron chi connectivity index (χ1n) is 38.7. The van der Waals surface area contributed by atoms with E-state index in [4.69, 9.17) is 63.7 Å². The molecule has 0 aliphatic carbocycles.